The number of aromatic amines is 1. The first kappa shape index (κ1) is 18.0. The van der Waals surface area contributed by atoms with E-state index in [1.54, 1.807) is 36.4 Å². The zero-order chi connectivity index (χ0) is 18.5. The lowest BCUT2D eigenvalue weighted by Gasteiger charge is -2.09. The molecule has 0 radical (unpaired) electrons. The van der Waals surface area contributed by atoms with E-state index in [2.05, 4.69) is 10.3 Å². The molecular formula is C19H18FN3O2S. The molecule has 1 aromatic heterocycles. The van der Waals surface area contributed by atoms with Crippen molar-refractivity contribution in [3.05, 3.63) is 75.0 Å². The Labute approximate surface area is 154 Å². The number of benzene rings is 2. The van der Waals surface area contributed by atoms with Crippen LogP contribution in [0.5, 0.6) is 0 Å². The van der Waals surface area contributed by atoms with E-state index in [1.165, 1.54) is 10.6 Å². The molecule has 0 saturated carbocycles. The molecule has 1 amide bonds. The van der Waals surface area contributed by atoms with Gasteiger partial charge in [0.1, 0.15) is 5.82 Å². The van der Waals surface area contributed by atoms with Gasteiger partial charge in [-0.25, -0.2) is 4.39 Å². The molecule has 5 nitrogen and oxygen atoms in total. The quantitative estimate of drug-likeness (QED) is 0.655. The van der Waals surface area contributed by atoms with Crippen molar-refractivity contribution in [3.63, 3.8) is 0 Å². The summed E-state index contributed by atoms with van der Waals surface area (Å²) in [5.74, 6) is -0.494. The molecule has 3 aromatic rings. The van der Waals surface area contributed by atoms with Crippen LogP contribution in [0, 0.1) is 10.6 Å². The minimum Gasteiger partial charge on any atom is -0.356 e. The highest BCUT2D eigenvalue weighted by atomic mass is 32.1. The second-order valence-corrected chi connectivity index (χ2v) is 6.26. The van der Waals surface area contributed by atoms with Crippen LogP contribution in [0.1, 0.15) is 12.0 Å². The van der Waals surface area contributed by atoms with Crippen molar-refractivity contribution in [3.8, 4) is 0 Å². The Balaban J connectivity index is 1.60. The van der Waals surface area contributed by atoms with Gasteiger partial charge in [0.05, 0.1) is 10.9 Å². The Bertz CT molecular complexity index is 1060. The van der Waals surface area contributed by atoms with Gasteiger partial charge < -0.3 is 10.3 Å². The fourth-order valence-corrected chi connectivity index (χ4v) is 3.03. The van der Waals surface area contributed by atoms with Gasteiger partial charge in [0, 0.05) is 19.5 Å². The molecule has 0 unspecified atom stereocenters. The minimum atomic E-state index is -0.282. The van der Waals surface area contributed by atoms with E-state index >= 15 is 0 Å². The summed E-state index contributed by atoms with van der Waals surface area (Å²) in [4.78, 5) is 27.5. The average Bonchev–Trinajstić information content (AvgIpc) is 2.63. The van der Waals surface area contributed by atoms with Gasteiger partial charge in [0.15, 0.2) is 4.77 Å². The summed E-state index contributed by atoms with van der Waals surface area (Å²) in [7, 11) is 0. The molecule has 0 aliphatic heterocycles. The number of hydrogen-bond acceptors (Lipinski definition) is 3. The molecule has 26 heavy (non-hydrogen) atoms. The standard InChI is InChI=1S/C19H18FN3O2S/c20-15-7-3-1-5-13(15)9-11-21-17(24)10-12-23-18(25)14-6-2-4-8-16(14)22-19(23)26/h1-8H,9-12H2,(H,21,24)(H,22,26). The van der Waals surface area contributed by atoms with Gasteiger partial charge in [-0.05, 0) is 42.4 Å². The van der Waals surface area contributed by atoms with Gasteiger partial charge in [0.25, 0.3) is 5.56 Å². The van der Waals surface area contributed by atoms with E-state index in [9.17, 15) is 14.0 Å². The number of amides is 1. The van der Waals surface area contributed by atoms with Crippen LogP contribution >= 0.6 is 12.2 Å². The number of aromatic nitrogens is 2. The average molecular weight is 371 g/mol. The molecule has 0 saturated heterocycles. The number of H-pyrrole nitrogens is 1. The van der Waals surface area contributed by atoms with Crippen molar-refractivity contribution in [1.82, 2.24) is 14.9 Å². The molecule has 1 heterocycles. The number of para-hydroxylation sites is 1. The molecule has 2 aromatic carbocycles. The van der Waals surface area contributed by atoms with Crippen LogP contribution in [-0.2, 0) is 17.8 Å². The SMILES string of the molecule is O=C(CCn1c(=S)[nH]c2ccccc2c1=O)NCCc1ccccc1F. The van der Waals surface area contributed by atoms with Crippen LogP contribution in [0.4, 0.5) is 4.39 Å². The third-order valence-electron chi connectivity index (χ3n) is 4.13. The zero-order valence-electron chi connectivity index (χ0n) is 14.0. The predicted octanol–water partition coefficient (Wildman–Crippen LogP) is 2.95. The summed E-state index contributed by atoms with van der Waals surface area (Å²) in [6, 6.07) is 13.6. The highest BCUT2D eigenvalue weighted by molar-refractivity contribution is 7.71. The topological polar surface area (TPSA) is 66.9 Å². The third kappa shape index (κ3) is 4.05. The van der Waals surface area contributed by atoms with Crippen molar-refractivity contribution in [2.24, 2.45) is 0 Å². The van der Waals surface area contributed by atoms with Crippen molar-refractivity contribution in [2.75, 3.05) is 6.54 Å². The largest absolute Gasteiger partial charge is 0.356 e. The zero-order valence-corrected chi connectivity index (χ0v) is 14.8. The van der Waals surface area contributed by atoms with Crippen molar-refractivity contribution < 1.29 is 9.18 Å². The smallest absolute Gasteiger partial charge is 0.262 e. The Morgan fingerprint density at radius 3 is 2.69 bits per heavy atom. The minimum absolute atomic E-state index is 0.118. The number of nitrogens with one attached hydrogen (secondary N) is 2. The third-order valence-corrected chi connectivity index (χ3v) is 4.45. The van der Waals surface area contributed by atoms with Crippen LogP contribution in [-0.4, -0.2) is 22.0 Å². The highest BCUT2D eigenvalue weighted by Crippen LogP contribution is 2.07. The summed E-state index contributed by atoms with van der Waals surface area (Å²) >= 11 is 5.22. The molecule has 0 aliphatic carbocycles. The van der Waals surface area contributed by atoms with E-state index in [1.807, 2.05) is 6.07 Å². The molecule has 134 valence electrons. The molecule has 7 heteroatoms. The Kier molecular flexibility index (Phi) is 5.58. The van der Waals surface area contributed by atoms with E-state index in [-0.39, 0.29) is 35.0 Å². The van der Waals surface area contributed by atoms with Gasteiger partial charge >= 0.3 is 0 Å². The van der Waals surface area contributed by atoms with Crippen LogP contribution in [0.15, 0.2) is 53.3 Å². The molecule has 2 N–H and O–H groups in total. The Morgan fingerprint density at radius 1 is 1.15 bits per heavy atom. The highest BCUT2D eigenvalue weighted by Gasteiger charge is 2.08. The monoisotopic (exact) mass is 371 g/mol. The Morgan fingerprint density at radius 2 is 1.88 bits per heavy atom. The van der Waals surface area contributed by atoms with Gasteiger partial charge in [-0.2, -0.15) is 0 Å². The van der Waals surface area contributed by atoms with Crippen molar-refractivity contribution in [1.29, 1.82) is 0 Å². The number of nitrogens with zero attached hydrogens (tertiary/aromatic N) is 1. The lowest BCUT2D eigenvalue weighted by atomic mass is 10.1. The maximum atomic E-state index is 13.5. The number of carbonyl (C=O) groups is 1. The second-order valence-electron chi connectivity index (χ2n) is 5.87. The van der Waals surface area contributed by atoms with E-state index < -0.39 is 0 Å². The van der Waals surface area contributed by atoms with Crippen LogP contribution in [0.3, 0.4) is 0 Å². The number of carbonyl (C=O) groups excluding carboxylic acids is 1. The lowest BCUT2D eigenvalue weighted by Crippen LogP contribution is -2.29. The maximum absolute atomic E-state index is 13.5. The van der Waals surface area contributed by atoms with Crippen LogP contribution < -0.4 is 10.9 Å². The molecule has 0 fully saturated rings. The maximum Gasteiger partial charge on any atom is 0.262 e. The lowest BCUT2D eigenvalue weighted by molar-refractivity contribution is -0.121. The summed E-state index contributed by atoms with van der Waals surface area (Å²) in [6.45, 7) is 0.518. The van der Waals surface area contributed by atoms with Crippen LogP contribution in [0.25, 0.3) is 10.9 Å². The number of rotatable bonds is 6. The second kappa shape index (κ2) is 8.05. The number of halogens is 1. The summed E-state index contributed by atoms with van der Waals surface area (Å²) in [5, 5.41) is 3.27. The fraction of sp³-hybridized carbons (Fsp3) is 0.211. The first-order chi connectivity index (χ1) is 12.6. The van der Waals surface area contributed by atoms with E-state index in [4.69, 9.17) is 12.2 Å². The Hall–Kier alpha value is -2.80. The molecule has 0 spiro atoms. The first-order valence-electron chi connectivity index (χ1n) is 8.28. The van der Waals surface area contributed by atoms with E-state index in [0.29, 0.717) is 29.4 Å². The number of hydrogen-bond donors (Lipinski definition) is 2. The molecule has 0 aliphatic rings. The summed E-state index contributed by atoms with van der Waals surface area (Å²) in [6.07, 6.45) is 0.529. The molecular weight excluding hydrogens is 353 g/mol. The molecule has 3 rings (SSSR count). The fourth-order valence-electron chi connectivity index (χ4n) is 2.74. The van der Waals surface area contributed by atoms with Gasteiger partial charge in [-0.3, -0.25) is 14.2 Å². The van der Waals surface area contributed by atoms with Gasteiger partial charge in [0.2, 0.25) is 5.91 Å². The molecule has 0 bridgehead atoms. The molecule has 0 atom stereocenters. The predicted molar refractivity (Wildman–Crippen MR) is 101 cm³/mol. The van der Waals surface area contributed by atoms with Gasteiger partial charge in [-0.1, -0.05) is 30.3 Å². The van der Waals surface area contributed by atoms with E-state index in [0.717, 1.165) is 0 Å². The number of fused-ring (bicyclic) bond motifs is 1. The normalized spacial score (nSPS) is 10.8. The van der Waals surface area contributed by atoms with Crippen molar-refractivity contribution >= 4 is 29.0 Å². The summed E-state index contributed by atoms with van der Waals surface area (Å²) < 4.78 is 15.2. The van der Waals surface area contributed by atoms with Crippen molar-refractivity contribution in [2.45, 2.75) is 19.4 Å². The van der Waals surface area contributed by atoms with Gasteiger partial charge in [-0.15, -0.1) is 0 Å². The summed E-state index contributed by atoms with van der Waals surface area (Å²) in [5.41, 5.74) is 1.01. The first-order valence-corrected chi connectivity index (χ1v) is 8.69. The van der Waals surface area contributed by atoms with Crippen LogP contribution in [0.2, 0.25) is 0 Å².